The maximum Gasteiger partial charge on any atom is 0.416 e. The van der Waals surface area contributed by atoms with Gasteiger partial charge in [0.05, 0.1) is 15.5 Å². The number of hydrogen-bond acceptors (Lipinski definition) is 3. The van der Waals surface area contributed by atoms with Gasteiger partial charge in [0.15, 0.2) is 0 Å². The first kappa shape index (κ1) is 17.4. The third-order valence-corrected chi connectivity index (χ3v) is 4.72. The van der Waals surface area contributed by atoms with Gasteiger partial charge in [-0.2, -0.15) is 13.2 Å². The molecule has 23 heavy (non-hydrogen) atoms. The van der Waals surface area contributed by atoms with Crippen LogP contribution < -0.4 is 4.72 Å². The molecule has 0 atom stereocenters. The molecule has 0 aliphatic carbocycles. The maximum atomic E-state index is 12.9. The summed E-state index contributed by atoms with van der Waals surface area (Å²) < 4.78 is 65.2. The van der Waals surface area contributed by atoms with Crippen molar-refractivity contribution in [3.63, 3.8) is 0 Å². The highest BCUT2D eigenvalue weighted by Crippen LogP contribution is 2.35. The number of anilines is 1. The van der Waals surface area contributed by atoms with Crippen molar-refractivity contribution in [3.05, 3.63) is 52.5 Å². The van der Waals surface area contributed by atoms with Crippen molar-refractivity contribution in [2.75, 3.05) is 4.72 Å². The van der Waals surface area contributed by atoms with Crippen LogP contribution >= 0.6 is 11.6 Å². The number of benzene rings is 2. The lowest BCUT2D eigenvalue weighted by atomic mass is 10.1. The van der Waals surface area contributed by atoms with E-state index in [-0.39, 0.29) is 16.3 Å². The van der Waals surface area contributed by atoms with Gasteiger partial charge in [-0.05, 0) is 36.8 Å². The zero-order valence-electron chi connectivity index (χ0n) is 11.6. The number of nitrogens with one attached hydrogen (secondary N) is 1. The Morgan fingerprint density at radius 2 is 1.83 bits per heavy atom. The number of rotatable bonds is 3. The lowest BCUT2D eigenvalue weighted by molar-refractivity contribution is -0.138. The van der Waals surface area contributed by atoms with E-state index < -0.39 is 32.4 Å². The minimum atomic E-state index is -4.68. The molecular formula is C14H11ClF3NO3S. The first-order chi connectivity index (χ1) is 10.5. The number of phenols is 1. The Bertz CT molecular complexity index is 831. The smallest absolute Gasteiger partial charge is 0.416 e. The van der Waals surface area contributed by atoms with Crippen molar-refractivity contribution in [2.24, 2.45) is 0 Å². The summed E-state index contributed by atoms with van der Waals surface area (Å²) in [4.78, 5) is -0.588. The van der Waals surface area contributed by atoms with E-state index in [1.165, 1.54) is 25.1 Å². The largest absolute Gasteiger partial charge is 0.506 e. The molecule has 2 aromatic carbocycles. The molecule has 2 rings (SSSR count). The van der Waals surface area contributed by atoms with E-state index in [9.17, 15) is 26.7 Å². The van der Waals surface area contributed by atoms with E-state index in [0.717, 1.165) is 12.1 Å². The Hall–Kier alpha value is -1.93. The molecule has 0 radical (unpaired) electrons. The quantitative estimate of drug-likeness (QED) is 0.802. The van der Waals surface area contributed by atoms with E-state index >= 15 is 0 Å². The average molecular weight is 366 g/mol. The summed E-state index contributed by atoms with van der Waals surface area (Å²) in [7, 11) is -4.35. The van der Waals surface area contributed by atoms with Gasteiger partial charge in [0.1, 0.15) is 11.4 Å². The predicted molar refractivity (Wildman–Crippen MR) is 80.1 cm³/mol. The minimum absolute atomic E-state index is 0.0864. The molecular weight excluding hydrogens is 355 g/mol. The van der Waals surface area contributed by atoms with Crippen molar-refractivity contribution in [1.29, 1.82) is 0 Å². The Labute approximate surface area is 135 Å². The van der Waals surface area contributed by atoms with Gasteiger partial charge in [-0.15, -0.1) is 0 Å². The SMILES string of the molecule is Cc1ccc(S(=O)(=O)Nc2c(O)cccc2Cl)cc1C(F)(F)F. The first-order valence-corrected chi connectivity index (χ1v) is 8.06. The molecule has 2 N–H and O–H groups in total. The van der Waals surface area contributed by atoms with Gasteiger partial charge in [0.25, 0.3) is 10.0 Å². The number of halogens is 4. The van der Waals surface area contributed by atoms with Crippen molar-refractivity contribution >= 4 is 27.3 Å². The summed E-state index contributed by atoms with van der Waals surface area (Å²) in [6, 6.07) is 6.55. The van der Waals surface area contributed by atoms with Gasteiger partial charge in [0, 0.05) is 0 Å². The lowest BCUT2D eigenvalue weighted by Gasteiger charge is -2.14. The molecule has 0 saturated heterocycles. The standard InChI is InChI=1S/C14H11ClF3NO3S/c1-8-5-6-9(7-10(8)14(16,17)18)23(21,22)19-13-11(15)3-2-4-12(13)20/h2-7,19-20H,1H3. The maximum absolute atomic E-state index is 12.9. The van der Waals surface area contributed by atoms with Gasteiger partial charge in [-0.1, -0.05) is 23.7 Å². The number of hydrogen-bond donors (Lipinski definition) is 2. The summed E-state index contributed by atoms with van der Waals surface area (Å²) in [5.41, 5.74) is -1.45. The summed E-state index contributed by atoms with van der Waals surface area (Å²) in [5.74, 6) is -0.441. The number of para-hydroxylation sites is 1. The Morgan fingerprint density at radius 3 is 2.39 bits per heavy atom. The van der Waals surface area contributed by atoms with Crippen LogP contribution in [0.15, 0.2) is 41.3 Å². The number of sulfonamides is 1. The molecule has 0 amide bonds. The summed E-state index contributed by atoms with van der Waals surface area (Å²) in [6.45, 7) is 1.23. The topological polar surface area (TPSA) is 66.4 Å². The first-order valence-electron chi connectivity index (χ1n) is 6.20. The molecule has 0 bridgehead atoms. The molecule has 0 unspecified atom stereocenters. The Kier molecular flexibility index (Phi) is 4.50. The third kappa shape index (κ3) is 3.70. The molecule has 0 aromatic heterocycles. The van der Waals surface area contributed by atoms with Crippen LogP contribution in [-0.2, 0) is 16.2 Å². The summed E-state index contributed by atoms with van der Waals surface area (Å²) in [5, 5.41) is 9.55. The van der Waals surface area contributed by atoms with Crippen LogP contribution in [0.3, 0.4) is 0 Å². The van der Waals surface area contributed by atoms with Crippen molar-refractivity contribution < 1.29 is 26.7 Å². The minimum Gasteiger partial charge on any atom is -0.506 e. The fraction of sp³-hybridized carbons (Fsp3) is 0.143. The molecule has 2 aromatic rings. The molecule has 9 heteroatoms. The second kappa shape index (κ2) is 5.93. The van der Waals surface area contributed by atoms with Gasteiger partial charge < -0.3 is 5.11 Å². The second-order valence-corrected chi connectivity index (χ2v) is 6.80. The Balaban J connectivity index is 2.49. The van der Waals surface area contributed by atoms with E-state index in [1.54, 1.807) is 0 Å². The second-order valence-electron chi connectivity index (χ2n) is 4.71. The average Bonchev–Trinajstić information content (AvgIpc) is 2.42. The third-order valence-electron chi connectivity index (χ3n) is 3.05. The molecule has 0 spiro atoms. The molecule has 124 valence electrons. The molecule has 0 aliphatic heterocycles. The fourth-order valence-electron chi connectivity index (χ4n) is 1.88. The van der Waals surface area contributed by atoms with Crippen LogP contribution in [-0.4, -0.2) is 13.5 Å². The predicted octanol–water partition coefficient (Wildman–Crippen LogP) is 4.17. The van der Waals surface area contributed by atoms with Crippen LogP contribution in [0.2, 0.25) is 5.02 Å². The normalized spacial score (nSPS) is 12.2. The molecule has 0 saturated carbocycles. The molecule has 4 nitrogen and oxygen atoms in total. The van der Waals surface area contributed by atoms with Crippen LogP contribution in [0.1, 0.15) is 11.1 Å². The van der Waals surface area contributed by atoms with Crippen LogP contribution in [0.25, 0.3) is 0 Å². The van der Waals surface area contributed by atoms with E-state index in [1.807, 2.05) is 4.72 Å². The number of alkyl halides is 3. The van der Waals surface area contributed by atoms with E-state index in [2.05, 4.69) is 0 Å². The van der Waals surface area contributed by atoms with Crippen molar-refractivity contribution in [1.82, 2.24) is 0 Å². The van der Waals surface area contributed by atoms with Crippen LogP contribution in [0.5, 0.6) is 5.75 Å². The highest BCUT2D eigenvalue weighted by molar-refractivity contribution is 7.92. The fourth-order valence-corrected chi connectivity index (χ4v) is 3.27. The van der Waals surface area contributed by atoms with Gasteiger partial charge in [-0.3, -0.25) is 4.72 Å². The number of phenolic OH excluding ortho intramolecular Hbond substituents is 1. The zero-order chi connectivity index (χ0) is 17.4. The Morgan fingerprint density at radius 1 is 1.17 bits per heavy atom. The van der Waals surface area contributed by atoms with Gasteiger partial charge in [0.2, 0.25) is 0 Å². The lowest BCUT2D eigenvalue weighted by Crippen LogP contribution is -2.15. The van der Waals surface area contributed by atoms with E-state index in [0.29, 0.717) is 6.07 Å². The van der Waals surface area contributed by atoms with Crippen molar-refractivity contribution in [2.45, 2.75) is 18.0 Å². The highest BCUT2D eigenvalue weighted by Gasteiger charge is 2.33. The van der Waals surface area contributed by atoms with Gasteiger partial charge in [-0.25, -0.2) is 8.42 Å². The van der Waals surface area contributed by atoms with Crippen molar-refractivity contribution in [3.8, 4) is 5.75 Å². The van der Waals surface area contributed by atoms with Gasteiger partial charge >= 0.3 is 6.18 Å². The highest BCUT2D eigenvalue weighted by atomic mass is 35.5. The molecule has 0 aliphatic rings. The van der Waals surface area contributed by atoms with Crippen LogP contribution in [0.4, 0.5) is 18.9 Å². The zero-order valence-corrected chi connectivity index (χ0v) is 13.2. The van der Waals surface area contributed by atoms with Crippen LogP contribution in [0, 0.1) is 6.92 Å². The summed E-state index contributed by atoms with van der Waals surface area (Å²) in [6.07, 6.45) is -4.68. The molecule has 0 fully saturated rings. The molecule has 0 heterocycles. The summed E-state index contributed by atoms with van der Waals surface area (Å²) >= 11 is 5.79. The number of aryl methyl sites for hydroxylation is 1. The van der Waals surface area contributed by atoms with E-state index in [4.69, 9.17) is 11.6 Å². The number of aromatic hydroxyl groups is 1. The monoisotopic (exact) mass is 365 g/mol.